The summed E-state index contributed by atoms with van der Waals surface area (Å²) in [5, 5.41) is 3.83. The lowest BCUT2D eigenvalue weighted by atomic mass is 10.1. The molecule has 6 heteroatoms. The Morgan fingerprint density at radius 3 is 2.83 bits per heavy atom. The Morgan fingerprint density at radius 1 is 1.44 bits per heavy atom. The van der Waals surface area contributed by atoms with E-state index in [-0.39, 0.29) is 5.56 Å². The van der Waals surface area contributed by atoms with Crippen LogP contribution in [0.5, 0.6) is 0 Å². The average Bonchev–Trinajstić information content (AvgIpc) is 2.73. The molecule has 0 spiro atoms. The zero-order valence-electron chi connectivity index (χ0n) is 9.78. The highest BCUT2D eigenvalue weighted by molar-refractivity contribution is 7.11. The van der Waals surface area contributed by atoms with Crippen LogP contribution < -0.4 is 11.1 Å². The third-order valence-corrected chi connectivity index (χ3v) is 3.32. The van der Waals surface area contributed by atoms with E-state index in [1.807, 2.05) is 6.92 Å². The van der Waals surface area contributed by atoms with E-state index in [1.54, 1.807) is 18.3 Å². The molecule has 1 aromatic carbocycles. The molecular formula is C12H13F2N3S. The highest BCUT2D eigenvalue weighted by atomic mass is 32.1. The fourth-order valence-corrected chi connectivity index (χ4v) is 2.30. The number of nitrogen functional groups attached to an aromatic ring is 1. The van der Waals surface area contributed by atoms with Gasteiger partial charge in [-0.1, -0.05) is 0 Å². The number of alkyl halides is 2. The molecule has 0 saturated heterocycles. The van der Waals surface area contributed by atoms with Gasteiger partial charge in [-0.2, -0.15) is 0 Å². The van der Waals surface area contributed by atoms with Gasteiger partial charge in [-0.25, -0.2) is 13.8 Å². The van der Waals surface area contributed by atoms with Crippen LogP contribution in [-0.4, -0.2) is 4.98 Å². The van der Waals surface area contributed by atoms with Crippen LogP contribution in [0.2, 0.25) is 0 Å². The van der Waals surface area contributed by atoms with E-state index < -0.39 is 6.43 Å². The molecular weight excluding hydrogens is 256 g/mol. The highest BCUT2D eigenvalue weighted by Crippen LogP contribution is 2.29. The molecule has 0 radical (unpaired) electrons. The number of rotatable bonds is 4. The van der Waals surface area contributed by atoms with Gasteiger partial charge in [0.1, 0.15) is 5.01 Å². The Balaban J connectivity index is 2.13. The molecule has 0 fully saturated rings. The standard InChI is InChI=1S/C12H13F2N3S/c1-7-5-17-11(18-7)6-16-10-3-2-8(15)4-9(10)12(13)14/h2-5,12,16H,6,15H2,1H3. The van der Waals surface area contributed by atoms with Crippen molar-refractivity contribution in [1.29, 1.82) is 0 Å². The Hall–Kier alpha value is -1.69. The third-order valence-electron chi connectivity index (χ3n) is 2.41. The molecule has 96 valence electrons. The van der Waals surface area contributed by atoms with Gasteiger partial charge in [-0.15, -0.1) is 11.3 Å². The van der Waals surface area contributed by atoms with Gasteiger partial charge < -0.3 is 11.1 Å². The number of halogens is 2. The van der Waals surface area contributed by atoms with E-state index in [1.165, 1.54) is 17.4 Å². The Kier molecular flexibility index (Phi) is 3.76. The van der Waals surface area contributed by atoms with E-state index >= 15 is 0 Å². The minimum atomic E-state index is -2.55. The molecule has 2 rings (SSSR count). The summed E-state index contributed by atoms with van der Waals surface area (Å²) in [6.45, 7) is 2.39. The van der Waals surface area contributed by atoms with Crippen LogP contribution >= 0.6 is 11.3 Å². The zero-order chi connectivity index (χ0) is 13.1. The minimum Gasteiger partial charge on any atom is -0.399 e. The van der Waals surface area contributed by atoms with E-state index in [4.69, 9.17) is 5.73 Å². The Morgan fingerprint density at radius 2 is 2.22 bits per heavy atom. The van der Waals surface area contributed by atoms with E-state index in [2.05, 4.69) is 10.3 Å². The number of thiazole rings is 1. The van der Waals surface area contributed by atoms with Crippen LogP contribution in [0.4, 0.5) is 20.2 Å². The number of nitrogens with zero attached hydrogens (tertiary/aromatic N) is 1. The smallest absolute Gasteiger partial charge is 0.265 e. The number of aromatic nitrogens is 1. The second kappa shape index (κ2) is 5.30. The number of nitrogens with two attached hydrogens (primary N) is 1. The number of aryl methyl sites for hydroxylation is 1. The lowest BCUT2D eigenvalue weighted by Gasteiger charge is -2.11. The van der Waals surface area contributed by atoms with Crippen LogP contribution in [0, 0.1) is 6.92 Å². The third kappa shape index (κ3) is 2.95. The average molecular weight is 269 g/mol. The lowest BCUT2D eigenvalue weighted by molar-refractivity contribution is 0.152. The molecule has 3 nitrogen and oxygen atoms in total. The number of hydrogen-bond donors (Lipinski definition) is 2. The second-order valence-electron chi connectivity index (χ2n) is 3.87. The van der Waals surface area contributed by atoms with Crippen LogP contribution in [0.3, 0.4) is 0 Å². The topological polar surface area (TPSA) is 50.9 Å². The Bertz CT molecular complexity index is 540. The summed E-state index contributed by atoms with van der Waals surface area (Å²) in [6.07, 6.45) is -0.785. The number of hydrogen-bond acceptors (Lipinski definition) is 4. The molecule has 0 atom stereocenters. The van der Waals surface area contributed by atoms with Crippen molar-refractivity contribution in [3.63, 3.8) is 0 Å². The first-order chi connectivity index (χ1) is 8.56. The lowest BCUT2D eigenvalue weighted by Crippen LogP contribution is -2.03. The summed E-state index contributed by atoms with van der Waals surface area (Å²) < 4.78 is 25.7. The van der Waals surface area contributed by atoms with Crippen molar-refractivity contribution in [2.24, 2.45) is 0 Å². The second-order valence-corrected chi connectivity index (χ2v) is 5.18. The molecule has 18 heavy (non-hydrogen) atoms. The molecule has 0 aliphatic heterocycles. The van der Waals surface area contributed by atoms with Gasteiger partial charge in [-0.05, 0) is 25.1 Å². The van der Waals surface area contributed by atoms with Crippen molar-refractivity contribution in [2.75, 3.05) is 11.1 Å². The summed E-state index contributed by atoms with van der Waals surface area (Å²) in [5.74, 6) is 0. The fourth-order valence-electron chi connectivity index (χ4n) is 1.58. The summed E-state index contributed by atoms with van der Waals surface area (Å²) in [5.41, 5.74) is 6.15. The minimum absolute atomic E-state index is 0.0803. The van der Waals surface area contributed by atoms with Gasteiger partial charge in [0.15, 0.2) is 0 Å². The van der Waals surface area contributed by atoms with Gasteiger partial charge in [0.25, 0.3) is 6.43 Å². The summed E-state index contributed by atoms with van der Waals surface area (Å²) >= 11 is 1.54. The van der Waals surface area contributed by atoms with Crippen LogP contribution in [-0.2, 0) is 6.54 Å². The van der Waals surface area contributed by atoms with Gasteiger partial charge in [0.2, 0.25) is 0 Å². The van der Waals surface area contributed by atoms with Crippen molar-refractivity contribution >= 4 is 22.7 Å². The molecule has 0 unspecified atom stereocenters. The maximum absolute atomic E-state index is 12.8. The molecule has 0 aliphatic carbocycles. The summed E-state index contributed by atoms with van der Waals surface area (Å²) in [7, 11) is 0. The molecule has 1 aromatic heterocycles. The van der Waals surface area contributed by atoms with Crippen molar-refractivity contribution in [3.05, 3.63) is 39.8 Å². The molecule has 0 saturated carbocycles. The van der Waals surface area contributed by atoms with Crippen LogP contribution in [0.25, 0.3) is 0 Å². The molecule has 3 N–H and O–H groups in total. The number of benzene rings is 1. The van der Waals surface area contributed by atoms with Crippen molar-refractivity contribution < 1.29 is 8.78 Å². The normalized spacial score (nSPS) is 10.9. The van der Waals surface area contributed by atoms with Crippen molar-refractivity contribution in [3.8, 4) is 0 Å². The van der Waals surface area contributed by atoms with Gasteiger partial charge >= 0.3 is 0 Å². The maximum Gasteiger partial charge on any atom is 0.265 e. The molecule has 0 bridgehead atoms. The number of nitrogens with one attached hydrogen (secondary N) is 1. The van der Waals surface area contributed by atoms with E-state index in [0.29, 0.717) is 17.9 Å². The molecule has 1 heterocycles. The Labute approximate surface area is 108 Å². The van der Waals surface area contributed by atoms with E-state index in [9.17, 15) is 8.78 Å². The number of anilines is 2. The maximum atomic E-state index is 12.8. The van der Waals surface area contributed by atoms with Gasteiger partial charge in [-0.3, -0.25) is 0 Å². The summed E-state index contributed by atoms with van der Waals surface area (Å²) in [4.78, 5) is 5.26. The van der Waals surface area contributed by atoms with Crippen molar-refractivity contribution in [2.45, 2.75) is 19.9 Å². The molecule has 0 aliphatic rings. The predicted octanol–water partition coefficient (Wildman–Crippen LogP) is 3.58. The monoisotopic (exact) mass is 269 g/mol. The molecule has 0 amide bonds. The fraction of sp³-hybridized carbons (Fsp3) is 0.250. The SMILES string of the molecule is Cc1cnc(CNc2ccc(N)cc2C(F)F)s1. The van der Waals surface area contributed by atoms with Gasteiger partial charge in [0, 0.05) is 28.0 Å². The van der Waals surface area contributed by atoms with Crippen LogP contribution in [0.1, 0.15) is 21.9 Å². The van der Waals surface area contributed by atoms with Gasteiger partial charge in [0.05, 0.1) is 6.54 Å². The first-order valence-electron chi connectivity index (χ1n) is 5.39. The van der Waals surface area contributed by atoms with Crippen LogP contribution in [0.15, 0.2) is 24.4 Å². The quantitative estimate of drug-likeness (QED) is 0.834. The van der Waals surface area contributed by atoms with Crippen molar-refractivity contribution in [1.82, 2.24) is 4.98 Å². The first-order valence-corrected chi connectivity index (χ1v) is 6.20. The largest absolute Gasteiger partial charge is 0.399 e. The van der Waals surface area contributed by atoms with E-state index in [0.717, 1.165) is 9.88 Å². The first kappa shape index (κ1) is 12.8. The highest BCUT2D eigenvalue weighted by Gasteiger charge is 2.13. The predicted molar refractivity (Wildman–Crippen MR) is 70.0 cm³/mol. The molecule has 2 aromatic rings. The summed E-state index contributed by atoms with van der Waals surface area (Å²) in [6, 6.07) is 4.46. The zero-order valence-corrected chi connectivity index (χ0v) is 10.6.